The number of imidazole rings is 1. The van der Waals surface area contributed by atoms with Gasteiger partial charge in [0.25, 0.3) is 0 Å². The van der Waals surface area contributed by atoms with Gasteiger partial charge in [0.1, 0.15) is 16.7 Å². The first-order valence-electron chi connectivity index (χ1n) is 13.0. The van der Waals surface area contributed by atoms with Gasteiger partial charge in [-0.1, -0.05) is 42.8 Å². The smallest absolute Gasteiger partial charge is 0.165 e. The van der Waals surface area contributed by atoms with E-state index in [9.17, 15) is 4.79 Å². The third kappa shape index (κ3) is 5.12. The molecule has 2 aliphatic rings. The summed E-state index contributed by atoms with van der Waals surface area (Å²) in [6, 6.07) is 16.0. The molecule has 5 rings (SSSR count). The standard InChI is InChI=1S/C30H33ClN4O/c1-19-4-7-25(17-26(19)28-30(31)34-27(33-28)12-15-35-13-3-14-35)29(36)20(2)23-10-11-24(16-23)22-8-5-21(18-32)6-9-22/h4-9,17,20,23-24H,3,10-16H2,1-2H3,(H,33,34). The van der Waals surface area contributed by atoms with Crippen molar-refractivity contribution < 1.29 is 4.79 Å². The number of hydrogen-bond acceptors (Lipinski definition) is 4. The van der Waals surface area contributed by atoms with Gasteiger partial charge < -0.3 is 9.88 Å². The molecule has 3 unspecified atom stereocenters. The van der Waals surface area contributed by atoms with E-state index in [4.69, 9.17) is 21.8 Å². The molecule has 1 saturated carbocycles. The van der Waals surface area contributed by atoms with Crippen molar-refractivity contribution in [1.82, 2.24) is 14.9 Å². The second kappa shape index (κ2) is 10.6. The fraction of sp³-hybridized carbons (Fsp3) is 0.433. The Bertz CT molecular complexity index is 1290. The number of aromatic nitrogens is 2. The number of halogens is 1. The average molecular weight is 501 g/mol. The molecule has 0 amide bonds. The van der Waals surface area contributed by atoms with Crippen LogP contribution in [0.15, 0.2) is 42.5 Å². The molecule has 0 bridgehead atoms. The molecule has 6 heteroatoms. The van der Waals surface area contributed by atoms with Crippen molar-refractivity contribution in [2.75, 3.05) is 19.6 Å². The molecule has 3 aromatic rings. The van der Waals surface area contributed by atoms with Gasteiger partial charge in [0, 0.05) is 30.0 Å². The van der Waals surface area contributed by atoms with Crippen LogP contribution in [0.1, 0.15) is 71.4 Å². The number of Topliss-reactive ketones (excluding diaryl/α,β-unsaturated/α-hetero) is 1. The number of H-pyrrole nitrogens is 1. The average Bonchev–Trinajstić information content (AvgIpc) is 3.50. The van der Waals surface area contributed by atoms with E-state index < -0.39 is 0 Å². The summed E-state index contributed by atoms with van der Waals surface area (Å²) in [7, 11) is 0. The Hall–Kier alpha value is -2.94. The van der Waals surface area contributed by atoms with Crippen LogP contribution in [0.2, 0.25) is 5.15 Å². The molecule has 0 radical (unpaired) electrons. The number of hydrogen-bond donors (Lipinski definition) is 1. The predicted octanol–water partition coefficient (Wildman–Crippen LogP) is 6.56. The Balaban J connectivity index is 1.29. The highest BCUT2D eigenvalue weighted by molar-refractivity contribution is 6.32. The number of ketones is 1. The molecule has 3 atom stereocenters. The maximum Gasteiger partial charge on any atom is 0.165 e. The van der Waals surface area contributed by atoms with Crippen molar-refractivity contribution in [3.8, 4) is 17.3 Å². The van der Waals surface area contributed by atoms with E-state index in [1.165, 1.54) is 12.0 Å². The Morgan fingerprint density at radius 2 is 2.00 bits per heavy atom. The third-order valence-corrected chi connectivity index (χ3v) is 8.48. The zero-order valence-corrected chi connectivity index (χ0v) is 21.8. The minimum absolute atomic E-state index is 0.0503. The Morgan fingerprint density at radius 3 is 2.69 bits per heavy atom. The maximum absolute atomic E-state index is 13.6. The number of carbonyl (C=O) groups excluding carboxylic acids is 1. The summed E-state index contributed by atoms with van der Waals surface area (Å²) in [6.07, 6.45) is 5.25. The minimum atomic E-state index is -0.0503. The molecule has 5 nitrogen and oxygen atoms in total. The van der Waals surface area contributed by atoms with Gasteiger partial charge in [-0.15, -0.1) is 0 Å². The highest BCUT2D eigenvalue weighted by atomic mass is 35.5. The number of benzene rings is 2. The third-order valence-electron chi connectivity index (χ3n) is 8.20. The Kier molecular flexibility index (Phi) is 7.27. The quantitative estimate of drug-likeness (QED) is 0.355. The van der Waals surface area contributed by atoms with Crippen LogP contribution in [0.3, 0.4) is 0 Å². The van der Waals surface area contributed by atoms with Crippen molar-refractivity contribution in [2.45, 2.75) is 51.9 Å². The van der Waals surface area contributed by atoms with E-state index in [-0.39, 0.29) is 11.7 Å². The van der Waals surface area contributed by atoms with Crippen molar-refractivity contribution in [1.29, 1.82) is 5.26 Å². The molecule has 1 saturated heterocycles. The summed E-state index contributed by atoms with van der Waals surface area (Å²) in [4.78, 5) is 24.0. The molecule has 1 aliphatic heterocycles. The van der Waals surface area contributed by atoms with Gasteiger partial charge in [-0.05, 0) is 86.9 Å². The minimum Gasteiger partial charge on any atom is -0.332 e. The number of aryl methyl sites for hydroxylation is 1. The summed E-state index contributed by atoms with van der Waals surface area (Å²) < 4.78 is 0. The summed E-state index contributed by atoms with van der Waals surface area (Å²) in [6.45, 7) is 7.43. The highest BCUT2D eigenvalue weighted by Gasteiger charge is 2.33. The van der Waals surface area contributed by atoms with Gasteiger partial charge in [-0.25, -0.2) is 4.98 Å². The van der Waals surface area contributed by atoms with Gasteiger partial charge in [0.2, 0.25) is 0 Å². The molecular weight excluding hydrogens is 468 g/mol. The zero-order chi connectivity index (χ0) is 25.2. The summed E-state index contributed by atoms with van der Waals surface area (Å²) in [5.74, 6) is 1.83. The van der Waals surface area contributed by atoms with Crippen molar-refractivity contribution >= 4 is 17.4 Å². The van der Waals surface area contributed by atoms with Crippen molar-refractivity contribution in [2.24, 2.45) is 11.8 Å². The molecule has 2 fully saturated rings. The van der Waals surface area contributed by atoms with Crippen molar-refractivity contribution in [3.63, 3.8) is 0 Å². The molecule has 2 aromatic carbocycles. The van der Waals surface area contributed by atoms with Gasteiger partial charge in [0.15, 0.2) is 5.78 Å². The Morgan fingerprint density at radius 1 is 1.22 bits per heavy atom. The van der Waals surface area contributed by atoms with E-state index in [1.807, 2.05) is 37.3 Å². The number of nitrogens with zero attached hydrogens (tertiary/aromatic N) is 3. The van der Waals surface area contributed by atoms with Crippen LogP contribution in [-0.2, 0) is 6.42 Å². The summed E-state index contributed by atoms with van der Waals surface area (Å²) >= 11 is 6.57. The fourth-order valence-corrected chi connectivity index (χ4v) is 5.93. The van der Waals surface area contributed by atoms with Gasteiger partial charge in [-0.2, -0.15) is 5.26 Å². The first-order valence-corrected chi connectivity index (χ1v) is 13.4. The van der Waals surface area contributed by atoms with Crippen LogP contribution >= 0.6 is 11.6 Å². The van der Waals surface area contributed by atoms with Crippen LogP contribution in [0, 0.1) is 30.1 Å². The lowest BCUT2D eigenvalue weighted by molar-refractivity contribution is 0.0887. The number of nitriles is 1. The van der Waals surface area contributed by atoms with Crippen LogP contribution in [-0.4, -0.2) is 40.3 Å². The van der Waals surface area contributed by atoms with Crippen LogP contribution < -0.4 is 0 Å². The molecule has 0 spiro atoms. The van der Waals surface area contributed by atoms with E-state index in [0.29, 0.717) is 22.6 Å². The molecule has 1 aromatic heterocycles. The lowest BCUT2D eigenvalue weighted by Gasteiger charge is -2.30. The largest absolute Gasteiger partial charge is 0.332 e. The topological polar surface area (TPSA) is 72.8 Å². The molecule has 186 valence electrons. The normalized spacial score (nSPS) is 20.6. The number of likely N-dealkylation sites (tertiary alicyclic amines) is 1. The number of carbonyl (C=O) groups is 1. The van der Waals surface area contributed by atoms with E-state index in [1.54, 1.807) is 0 Å². The predicted molar refractivity (Wildman–Crippen MR) is 143 cm³/mol. The maximum atomic E-state index is 13.6. The molecule has 1 N–H and O–H groups in total. The van der Waals surface area contributed by atoms with E-state index in [0.717, 1.165) is 73.5 Å². The van der Waals surface area contributed by atoms with E-state index >= 15 is 0 Å². The zero-order valence-electron chi connectivity index (χ0n) is 21.1. The number of aromatic amines is 1. The molecule has 1 aliphatic carbocycles. The first-order chi connectivity index (χ1) is 17.4. The van der Waals surface area contributed by atoms with E-state index in [2.05, 4.69) is 35.0 Å². The monoisotopic (exact) mass is 500 g/mol. The summed E-state index contributed by atoms with van der Waals surface area (Å²) in [5.41, 5.74) is 5.40. The lowest BCUT2D eigenvalue weighted by Crippen LogP contribution is -2.38. The highest BCUT2D eigenvalue weighted by Crippen LogP contribution is 2.42. The number of nitrogens with one attached hydrogen (secondary N) is 1. The molecule has 36 heavy (non-hydrogen) atoms. The lowest BCUT2D eigenvalue weighted by atomic mass is 9.84. The van der Waals surface area contributed by atoms with Crippen LogP contribution in [0.25, 0.3) is 11.3 Å². The molecule has 2 heterocycles. The van der Waals surface area contributed by atoms with Crippen LogP contribution in [0.5, 0.6) is 0 Å². The van der Waals surface area contributed by atoms with Crippen molar-refractivity contribution in [3.05, 3.63) is 75.7 Å². The number of rotatable bonds is 8. The van der Waals surface area contributed by atoms with Gasteiger partial charge in [0.05, 0.1) is 11.6 Å². The first kappa shape index (κ1) is 24.7. The second-order valence-corrected chi connectivity index (χ2v) is 10.9. The molecular formula is C30H33ClN4O. The van der Waals surface area contributed by atoms with Gasteiger partial charge in [-0.3, -0.25) is 4.79 Å². The Labute approximate surface area is 218 Å². The van der Waals surface area contributed by atoms with Gasteiger partial charge >= 0.3 is 0 Å². The second-order valence-electron chi connectivity index (χ2n) is 10.5. The SMILES string of the molecule is Cc1ccc(C(=O)C(C)C2CCC(c3ccc(C#N)cc3)C2)cc1-c1nc(CCN2CCC2)[nH]c1Cl. The van der Waals surface area contributed by atoms with Crippen LogP contribution in [0.4, 0.5) is 0 Å². The summed E-state index contributed by atoms with van der Waals surface area (Å²) in [5, 5.41) is 9.59. The fourth-order valence-electron chi connectivity index (χ4n) is 5.67.